The van der Waals surface area contributed by atoms with Gasteiger partial charge in [0.05, 0.1) is 0 Å². The van der Waals surface area contributed by atoms with Crippen LogP contribution in [-0.2, 0) is 0 Å². The molecule has 0 heterocycles. The molecule has 108 valence electrons. The Morgan fingerprint density at radius 2 is 1.57 bits per heavy atom. The lowest BCUT2D eigenvalue weighted by atomic mass is 10.1. The molecule has 0 bridgehead atoms. The average molecular weight is 300 g/mol. The van der Waals surface area contributed by atoms with Crippen molar-refractivity contribution in [3.8, 4) is 0 Å². The van der Waals surface area contributed by atoms with Gasteiger partial charge in [0.2, 0.25) is 5.91 Å². The maximum Gasteiger partial charge on any atom is 0.251 e. The molecule has 0 saturated carbocycles. The quantitative estimate of drug-likeness (QED) is 0.635. The molecule has 2 aromatic carbocycles. The Morgan fingerprint density at radius 3 is 2.19 bits per heavy atom. The minimum atomic E-state index is -0.499. The van der Waals surface area contributed by atoms with Crippen LogP contribution in [0.4, 0.5) is 0 Å². The van der Waals surface area contributed by atoms with E-state index in [0.29, 0.717) is 17.7 Å². The Kier molecular flexibility index (Phi) is 5.40. The van der Waals surface area contributed by atoms with Crippen molar-refractivity contribution in [2.45, 2.75) is 4.90 Å². The third-order valence-corrected chi connectivity index (χ3v) is 3.84. The van der Waals surface area contributed by atoms with Crippen LogP contribution in [0.15, 0.2) is 59.5 Å². The molecule has 0 radical (unpaired) electrons. The summed E-state index contributed by atoms with van der Waals surface area (Å²) >= 11 is 1.69. The minimum absolute atomic E-state index is 0.153. The van der Waals surface area contributed by atoms with Gasteiger partial charge in [-0.15, -0.1) is 11.8 Å². The van der Waals surface area contributed by atoms with Gasteiger partial charge in [-0.25, -0.2) is 0 Å². The van der Waals surface area contributed by atoms with Gasteiger partial charge in [-0.2, -0.15) is 0 Å². The Hall–Kier alpha value is -2.27. The average Bonchev–Trinajstić information content (AvgIpc) is 2.52. The summed E-state index contributed by atoms with van der Waals surface area (Å²) in [6, 6.07) is 16.3. The largest absolute Gasteiger partial charge is 0.366 e. The molecule has 5 heteroatoms. The maximum atomic E-state index is 11.9. The van der Waals surface area contributed by atoms with Gasteiger partial charge in [0.15, 0.2) is 0 Å². The zero-order valence-electron chi connectivity index (χ0n) is 11.4. The first-order valence-electron chi connectivity index (χ1n) is 6.53. The highest BCUT2D eigenvalue weighted by molar-refractivity contribution is 7.99. The maximum absolute atomic E-state index is 11.9. The monoisotopic (exact) mass is 300 g/mol. The number of carbonyl (C=O) groups is 2. The molecule has 0 aliphatic carbocycles. The highest BCUT2D eigenvalue weighted by atomic mass is 32.2. The summed E-state index contributed by atoms with van der Waals surface area (Å²) in [5.74, 6) is 0.149. The fraction of sp³-hybridized carbons (Fsp3) is 0.125. The Balaban J connectivity index is 1.78. The van der Waals surface area contributed by atoms with E-state index in [1.54, 1.807) is 36.0 Å². The van der Waals surface area contributed by atoms with Gasteiger partial charge < -0.3 is 11.1 Å². The number of hydrogen-bond donors (Lipinski definition) is 2. The molecule has 4 nitrogen and oxygen atoms in total. The number of nitrogens with two attached hydrogens (primary N) is 1. The molecule has 2 amide bonds. The summed E-state index contributed by atoms with van der Waals surface area (Å²) in [6.45, 7) is 0.579. The number of amides is 2. The SMILES string of the molecule is NC(=O)c1ccc(C(=O)NCCSc2ccccc2)cc1. The highest BCUT2D eigenvalue weighted by Crippen LogP contribution is 2.15. The smallest absolute Gasteiger partial charge is 0.251 e. The number of nitrogens with one attached hydrogen (secondary N) is 1. The molecule has 0 aliphatic heterocycles. The Bertz CT molecular complexity index is 612. The lowest BCUT2D eigenvalue weighted by Crippen LogP contribution is -2.25. The molecule has 3 N–H and O–H groups in total. The number of thioether (sulfide) groups is 1. The van der Waals surface area contributed by atoms with E-state index in [4.69, 9.17) is 5.73 Å². The van der Waals surface area contributed by atoms with Crippen molar-refractivity contribution in [3.63, 3.8) is 0 Å². The van der Waals surface area contributed by atoms with Crippen molar-refractivity contribution in [1.82, 2.24) is 5.32 Å². The predicted molar refractivity (Wildman–Crippen MR) is 84.5 cm³/mol. The minimum Gasteiger partial charge on any atom is -0.366 e. The third-order valence-electron chi connectivity index (χ3n) is 2.83. The highest BCUT2D eigenvalue weighted by Gasteiger charge is 2.06. The summed E-state index contributed by atoms with van der Waals surface area (Å²) in [4.78, 5) is 24.0. The van der Waals surface area contributed by atoms with Gasteiger partial charge in [0, 0.05) is 28.3 Å². The number of rotatable bonds is 6. The zero-order chi connectivity index (χ0) is 15.1. The first kappa shape index (κ1) is 15.1. The Labute approximate surface area is 127 Å². The van der Waals surface area contributed by atoms with E-state index in [-0.39, 0.29) is 5.91 Å². The van der Waals surface area contributed by atoms with E-state index < -0.39 is 5.91 Å². The van der Waals surface area contributed by atoms with Gasteiger partial charge in [0.25, 0.3) is 5.91 Å². The lowest BCUT2D eigenvalue weighted by Gasteiger charge is -2.05. The van der Waals surface area contributed by atoms with Crippen molar-refractivity contribution in [3.05, 3.63) is 65.7 Å². The van der Waals surface area contributed by atoms with Crippen LogP contribution in [0, 0.1) is 0 Å². The van der Waals surface area contributed by atoms with E-state index in [9.17, 15) is 9.59 Å². The molecule has 0 spiro atoms. The fourth-order valence-electron chi connectivity index (χ4n) is 1.74. The van der Waals surface area contributed by atoms with Crippen molar-refractivity contribution >= 4 is 23.6 Å². The van der Waals surface area contributed by atoms with Crippen molar-refractivity contribution < 1.29 is 9.59 Å². The van der Waals surface area contributed by atoms with Crippen molar-refractivity contribution in [1.29, 1.82) is 0 Å². The number of benzene rings is 2. The molecule has 2 rings (SSSR count). The first-order valence-corrected chi connectivity index (χ1v) is 7.51. The molecular weight excluding hydrogens is 284 g/mol. The molecule has 21 heavy (non-hydrogen) atoms. The van der Waals surface area contributed by atoms with Gasteiger partial charge in [0.1, 0.15) is 0 Å². The van der Waals surface area contributed by atoms with Crippen molar-refractivity contribution in [2.24, 2.45) is 5.73 Å². The van der Waals surface area contributed by atoms with Gasteiger partial charge >= 0.3 is 0 Å². The summed E-state index contributed by atoms with van der Waals surface area (Å²) < 4.78 is 0. The van der Waals surface area contributed by atoms with Crippen LogP contribution in [0.2, 0.25) is 0 Å². The second-order valence-corrected chi connectivity index (χ2v) is 5.53. The molecule has 0 unspecified atom stereocenters. The number of hydrogen-bond acceptors (Lipinski definition) is 3. The second-order valence-electron chi connectivity index (χ2n) is 4.36. The predicted octanol–water partition coefficient (Wildman–Crippen LogP) is 2.31. The number of carbonyl (C=O) groups excluding carboxylic acids is 2. The molecule has 0 aliphatic rings. The zero-order valence-corrected chi connectivity index (χ0v) is 12.2. The van der Waals surface area contributed by atoms with Crippen LogP contribution in [0.25, 0.3) is 0 Å². The van der Waals surface area contributed by atoms with E-state index in [2.05, 4.69) is 5.32 Å². The summed E-state index contributed by atoms with van der Waals surface area (Å²) in [5.41, 5.74) is 6.06. The molecule has 2 aromatic rings. The van der Waals surface area contributed by atoms with Crippen LogP contribution in [0.5, 0.6) is 0 Å². The summed E-state index contributed by atoms with van der Waals surface area (Å²) in [6.07, 6.45) is 0. The van der Waals surface area contributed by atoms with Gasteiger partial charge in [-0.3, -0.25) is 9.59 Å². The summed E-state index contributed by atoms with van der Waals surface area (Å²) in [7, 11) is 0. The molecular formula is C16H16N2O2S. The van der Waals surface area contributed by atoms with Crippen LogP contribution in [0.1, 0.15) is 20.7 Å². The van der Waals surface area contributed by atoms with Crippen LogP contribution < -0.4 is 11.1 Å². The second kappa shape index (κ2) is 7.50. The number of primary amides is 1. The van der Waals surface area contributed by atoms with Gasteiger partial charge in [-0.1, -0.05) is 18.2 Å². The lowest BCUT2D eigenvalue weighted by molar-refractivity contribution is 0.0953. The van der Waals surface area contributed by atoms with Crippen LogP contribution in [-0.4, -0.2) is 24.1 Å². The fourth-order valence-corrected chi connectivity index (χ4v) is 2.53. The van der Waals surface area contributed by atoms with E-state index in [0.717, 1.165) is 5.75 Å². The van der Waals surface area contributed by atoms with Crippen LogP contribution >= 0.6 is 11.8 Å². The first-order chi connectivity index (χ1) is 10.2. The molecule has 0 aromatic heterocycles. The van der Waals surface area contributed by atoms with Gasteiger partial charge in [-0.05, 0) is 36.4 Å². The van der Waals surface area contributed by atoms with E-state index in [1.165, 1.54) is 4.90 Å². The normalized spacial score (nSPS) is 10.1. The third kappa shape index (κ3) is 4.65. The van der Waals surface area contributed by atoms with E-state index in [1.807, 2.05) is 30.3 Å². The molecule has 0 saturated heterocycles. The Morgan fingerprint density at radius 1 is 0.952 bits per heavy atom. The molecule has 0 atom stereocenters. The van der Waals surface area contributed by atoms with E-state index >= 15 is 0 Å². The van der Waals surface area contributed by atoms with Crippen molar-refractivity contribution in [2.75, 3.05) is 12.3 Å². The summed E-state index contributed by atoms with van der Waals surface area (Å²) in [5, 5.41) is 2.84. The standard InChI is InChI=1S/C16H16N2O2S/c17-15(19)12-6-8-13(9-7-12)16(20)18-10-11-21-14-4-2-1-3-5-14/h1-9H,10-11H2,(H2,17,19)(H,18,20). The van der Waals surface area contributed by atoms with Crippen LogP contribution in [0.3, 0.4) is 0 Å². The molecule has 0 fully saturated rings. The topological polar surface area (TPSA) is 72.2 Å².